The molecule has 3 aromatic carbocycles. The Morgan fingerprint density at radius 3 is 2.63 bits per heavy atom. The van der Waals surface area contributed by atoms with Crippen LogP contribution in [0, 0.1) is 0 Å². The maximum atomic E-state index is 13.7. The number of amides is 1. The number of carbonyl (C=O) groups excluding carboxylic acids is 1. The summed E-state index contributed by atoms with van der Waals surface area (Å²) in [5.74, 6) is 1.94. The van der Waals surface area contributed by atoms with Crippen LogP contribution in [0.5, 0.6) is 17.2 Å². The molecule has 0 aromatic heterocycles. The molecule has 0 radical (unpaired) electrons. The molecule has 2 N–H and O–H groups in total. The lowest BCUT2D eigenvalue weighted by molar-refractivity contribution is -0.126. The van der Waals surface area contributed by atoms with Gasteiger partial charge in [-0.05, 0) is 59.5 Å². The van der Waals surface area contributed by atoms with Gasteiger partial charge in [-0.1, -0.05) is 35.4 Å². The fraction of sp³-hybridized carbons (Fsp3) is 0.333. The highest BCUT2D eigenvalue weighted by molar-refractivity contribution is 6.00. The van der Waals surface area contributed by atoms with Crippen LogP contribution in [0.15, 0.2) is 76.8 Å². The highest BCUT2D eigenvalue weighted by Gasteiger charge is 2.44. The van der Waals surface area contributed by atoms with Crippen molar-refractivity contribution in [1.82, 2.24) is 5.32 Å². The van der Waals surface area contributed by atoms with E-state index in [4.69, 9.17) is 34.6 Å². The van der Waals surface area contributed by atoms with Crippen molar-refractivity contribution in [3.63, 3.8) is 0 Å². The lowest BCUT2D eigenvalue weighted by Crippen LogP contribution is -2.49. The Morgan fingerprint density at radius 1 is 1.12 bits per heavy atom. The predicted molar refractivity (Wildman–Crippen MR) is 154 cm³/mol. The van der Waals surface area contributed by atoms with E-state index in [1.807, 2.05) is 42.5 Å². The summed E-state index contributed by atoms with van der Waals surface area (Å²) in [6, 6.07) is 19.9. The van der Waals surface area contributed by atoms with Gasteiger partial charge in [0.2, 0.25) is 5.90 Å². The number of rotatable bonds is 14. The zero-order valence-corrected chi connectivity index (χ0v) is 23.1. The Labute approximate surface area is 238 Å². The first-order valence-corrected chi connectivity index (χ1v) is 13.2. The van der Waals surface area contributed by atoms with Crippen molar-refractivity contribution in [2.45, 2.75) is 24.8 Å². The monoisotopic (exact) mass is 559 g/mol. The number of aliphatic hydroxyl groups is 1. The summed E-state index contributed by atoms with van der Waals surface area (Å²) in [4.78, 5) is 21.5. The quantitative estimate of drug-likeness (QED) is 0.128. The lowest BCUT2D eigenvalue weighted by Gasteiger charge is -2.24. The number of nitrogens with one attached hydrogen (secondary N) is 1. The van der Waals surface area contributed by atoms with Gasteiger partial charge in [-0.2, -0.15) is 0 Å². The van der Waals surface area contributed by atoms with Crippen LogP contribution in [-0.4, -0.2) is 63.0 Å². The van der Waals surface area contributed by atoms with Gasteiger partial charge in [-0.15, -0.1) is 0 Å². The number of ether oxygens (including phenoxy) is 4. The van der Waals surface area contributed by atoms with Gasteiger partial charge in [-0.3, -0.25) is 4.79 Å². The van der Waals surface area contributed by atoms with E-state index >= 15 is 0 Å². The Kier molecular flexibility index (Phi) is 10.0. The van der Waals surface area contributed by atoms with Crippen molar-refractivity contribution in [1.29, 1.82) is 0 Å². The number of methoxy groups -OCH3 is 2. The second-order valence-corrected chi connectivity index (χ2v) is 9.38. The molecule has 11 nitrogen and oxygen atoms in total. The van der Waals surface area contributed by atoms with Gasteiger partial charge in [0.05, 0.1) is 20.8 Å². The highest BCUT2D eigenvalue weighted by atomic mass is 16.5. The van der Waals surface area contributed by atoms with E-state index in [1.165, 1.54) is 0 Å². The van der Waals surface area contributed by atoms with E-state index < -0.39 is 5.54 Å². The van der Waals surface area contributed by atoms with Gasteiger partial charge >= 0.3 is 0 Å². The van der Waals surface area contributed by atoms with Crippen molar-refractivity contribution >= 4 is 17.5 Å². The first-order chi connectivity index (χ1) is 20.0. The Bertz CT molecular complexity index is 1420. The third kappa shape index (κ3) is 7.27. The first-order valence-electron chi connectivity index (χ1n) is 13.2. The van der Waals surface area contributed by atoms with E-state index in [9.17, 15) is 4.79 Å². The zero-order valence-electron chi connectivity index (χ0n) is 23.1. The minimum Gasteiger partial charge on any atom is -0.494 e. The van der Waals surface area contributed by atoms with Crippen LogP contribution in [0.3, 0.4) is 0 Å². The first kappa shape index (κ1) is 29.3. The van der Waals surface area contributed by atoms with Gasteiger partial charge in [0.15, 0.2) is 17.0 Å². The average Bonchev–Trinajstić information content (AvgIpc) is 3.44. The molecule has 0 unspecified atom stereocenters. The number of carbonyl (C=O) groups is 1. The molecule has 4 rings (SSSR count). The predicted octanol–water partition coefficient (Wildman–Crippen LogP) is 4.52. The van der Waals surface area contributed by atoms with Crippen molar-refractivity contribution in [2.75, 3.05) is 40.6 Å². The fourth-order valence-electron chi connectivity index (χ4n) is 4.47. The van der Waals surface area contributed by atoms with Gasteiger partial charge < -0.3 is 29.4 Å². The van der Waals surface area contributed by atoms with Crippen LogP contribution < -0.4 is 19.5 Å². The number of hydrogen-bond acceptors (Lipinski definition) is 8. The highest BCUT2D eigenvalue weighted by Crippen LogP contribution is 2.32. The van der Waals surface area contributed by atoms with Gasteiger partial charge in [-0.25, -0.2) is 4.99 Å². The van der Waals surface area contributed by atoms with Crippen LogP contribution in [0.2, 0.25) is 0 Å². The van der Waals surface area contributed by atoms with E-state index in [2.05, 4.69) is 15.3 Å². The molecule has 1 amide bonds. The molecule has 3 aromatic rings. The van der Waals surface area contributed by atoms with Gasteiger partial charge in [0, 0.05) is 42.2 Å². The molecule has 1 atom stereocenters. The van der Waals surface area contributed by atoms with Crippen LogP contribution in [0.1, 0.15) is 23.1 Å². The maximum absolute atomic E-state index is 13.7. The zero-order chi connectivity index (χ0) is 29.1. The topological polar surface area (TPSA) is 147 Å². The second-order valence-electron chi connectivity index (χ2n) is 9.38. The summed E-state index contributed by atoms with van der Waals surface area (Å²) in [7, 11) is 3.16. The number of hydrogen-bond donors (Lipinski definition) is 2. The van der Waals surface area contributed by atoms with Gasteiger partial charge in [0.25, 0.3) is 5.91 Å². The average molecular weight is 560 g/mol. The summed E-state index contributed by atoms with van der Waals surface area (Å²) in [5, 5.41) is 15.8. The van der Waals surface area contributed by atoms with Crippen LogP contribution in [0.25, 0.3) is 10.4 Å². The normalized spacial score (nSPS) is 15.7. The van der Waals surface area contributed by atoms with Crippen molar-refractivity contribution in [2.24, 2.45) is 10.1 Å². The molecule has 1 heterocycles. The number of aliphatic imine (C=N–C) groups is 1. The number of azide groups is 1. The summed E-state index contributed by atoms with van der Waals surface area (Å²) >= 11 is 0. The van der Waals surface area contributed by atoms with Crippen molar-refractivity contribution in [3.05, 3.63) is 93.9 Å². The molecule has 0 aliphatic carbocycles. The number of nitrogens with zero attached hydrogens (tertiary/aromatic N) is 4. The Balaban J connectivity index is 1.55. The molecular formula is C30H33N5O6. The molecule has 1 aliphatic rings. The minimum absolute atomic E-state index is 0.0177. The van der Waals surface area contributed by atoms with Crippen LogP contribution in [0.4, 0.5) is 5.69 Å². The molecule has 214 valence electrons. The van der Waals surface area contributed by atoms with Gasteiger partial charge in [0.1, 0.15) is 12.4 Å². The van der Waals surface area contributed by atoms with Crippen LogP contribution in [-0.2, 0) is 22.4 Å². The SMILES string of the molecule is COc1ccc(CCNC(=O)[C@@]2(Cc3ccccc3N=[N+]=[N-])COC(c3ccc(OCCCO)cc3)=N2)cc1OC. The molecule has 41 heavy (non-hydrogen) atoms. The maximum Gasteiger partial charge on any atom is 0.251 e. The van der Waals surface area contributed by atoms with Crippen molar-refractivity contribution in [3.8, 4) is 17.2 Å². The molecule has 0 fully saturated rings. The number of aliphatic hydroxyl groups excluding tert-OH is 1. The summed E-state index contributed by atoms with van der Waals surface area (Å²) in [6.07, 6.45) is 1.28. The Morgan fingerprint density at radius 2 is 1.90 bits per heavy atom. The van der Waals surface area contributed by atoms with Crippen LogP contribution >= 0.6 is 0 Å². The van der Waals surface area contributed by atoms with E-state index in [0.717, 1.165) is 5.56 Å². The third-order valence-electron chi connectivity index (χ3n) is 6.63. The molecule has 0 spiro atoms. The smallest absolute Gasteiger partial charge is 0.251 e. The molecule has 0 saturated heterocycles. The Hall–Kier alpha value is -4.73. The second kappa shape index (κ2) is 14.1. The summed E-state index contributed by atoms with van der Waals surface area (Å²) < 4.78 is 22.3. The minimum atomic E-state index is -1.27. The molecule has 0 bridgehead atoms. The molecule has 0 saturated carbocycles. The van der Waals surface area contributed by atoms with E-state index in [-0.39, 0.29) is 25.5 Å². The standard InChI is InChI=1S/C30H33N5O6/c1-38-26-13-8-21(18-27(26)39-2)14-15-32-29(37)30(19-23-6-3-4-7-25(23)34-35-31)20-41-28(33-30)22-9-11-24(12-10-22)40-17-5-16-36/h3-4,6-13,18,36H,5,14-17,19-20H2,1-2H3,(H,32,37)/t30-/m1/s1. The third-order valence-corrected chi connectivity index (χ3v) is 6.63. The largest absolute Gasteiger partial charge is 0.494 e. The number of benzene rings is 3. The lowest BCUT2D eigenvalue weighted by atomic mass is 9.90. The molecule has 11 heteroatoms. The summed E-state index contributed by atoms with van der Waals surface area (Å²) in [5.41, 5.74) is 10.5. The fourth-order valence-corrected chi connectivity index (χ4v) is 4.47. The van der Waals surface area contributed by atoms with Crippen molar-refractivity contribution < 1.29 is 28.8 Å². The molecule has 1 aliphatic heterocycles. The van der Waals surface area contributed by atoms with E-state index in [1.54, 1.807) is 38.5 Å². The molecular weight excluding hydrogens is 526 g/mol. The summed E-state index contributed by atoms with van der Waals surface area (Å²) in [6.45, 7) is 0.844. The van der Waals surface area contributed by atoms with E-state index in [0.29, 0.717) is 66.0 Å².